The minimum Gasteiger partial charge on any atom is -0.489 e. The third kappa shape index (κ3) is 2.46. The summed E-state index contributed by atoms with van der Waals surface area (Å²) in [6.07, 6.45) is 1.02. The molecule has 100 valence electrons. The summed E-state index contributed by atoms with van der Waals surface area (Å²) in [6.45, 7) is 2.93. The maximum atomic E-state index is 11.6. The van der Waals surface area contributed by atoms with Crippen molar-refractivity contribution in [2.45, 2.75) is 19.1 Å². The van der Waals surface area contributed by atoms with Gasteiger partial charge in [0.25, 0.3) is 5.56 Å². The lowest BCUT2D eigenvalue weighted by molar-refractivity contribution is -0.0424. The molecule has 7 heteroatoms. The van der Waals surface area contributed by atoms with E-state index >= 15 is 0 Å². The van der Waals surface area contributed by atoms with Crippen molar-refractivity contribution in [3.8, 4) is 5.75 Å². The number of hydrogen-bond donors (Lipinski definition) is 2. The van der Waals surface area contributed by atoms with Crippen molar-refractivity contribution in [1.82, 2.24) is 9.97 Å². The Bertz CT molecular complexity index is 462. The van der Waals surface area contributed by atoms with E-state index in [2.05, 4.69) is 9.97 Å². The number of aromatic nitrogens is 2. The zero-order chi connectivity index (χ0) is 13.1. The average molecular weight is 255 g/mol. The molecule has 0 radical (unpaired) electrons. The molecule has 7 nitrogen and oxygen atoms in total. The molecule has 1 fully saturated rings. The van der Waals surface area contributed by atoms with Crippen LogP contribution in [0.15, 0.2) is 11.1 Å². The molecule has 1 aromatic rings. The summed E-state index contributed by atoms with van der Waals surface area (Å²) in [4.78, 5) is 20.1. The number of nitrogens with zero attached hydrogens (tertiary/aromatic N) is 2. The van der Waals surface area contributed by atoms with Crippen molar-refractivity contribution in [2.75, 3.05) is 31.7 Å². The molecule has 18 heavy (non-hydrogen) atoms. The first-order valence-corrected chi connectivity index (χ1v) is 5.78. The third-order valence-corrected chi connectivity index (χ3v) is 2.83. The van der Waals surface area contributed by atoms with Crippen LogP contribution in [-0.4, -0.2) is 54.1 Å². The third-order valence-electron chi connectivity index (χ3n) is 2.83. The second-order valence-corrected chi connectivity index (χ2v) is 4.24. The minimum absolute atomic E-state index is 0.0401. The molecular formula is C11H17N3O4. The number of H-pyrrole nitrogens is 1. The molecule has 2 unspecified atom stereocenters. The topological polar surface area (TPSA) is 87.7 Å². The Labute approximate surface area is 104 Å². The van der Waals surface area contributed by atoms with Gasteiger partial charge in [0.2, 0.25) is 5.75 Å². The molecular weight excluding hydrogens is 238 g/mol. The van der Waals surface area contributed by atoms with Crippen LogP contribution in [0.3, 0.4) is 0 Å². The highest BCUT2D eigenvalue weighted by Crippen LogP contribution is 2.24. The second kappa shape index (κ2) is 5.36. The quantitative estimate of drug-likeness (QED) is 0.747. The summed E-state index contributed by atoms with van der Waals surface area (Å²) in [7, 11) is 1.43. The van der Waals surface area contributed by atoms with Gasteiger partial charge in [0.1, 0.15) is 0 Å². The van der Waals surface area contributed by atoms with Gasteiger partial charge in [0.15, 0.2) is 5.82 Å². The number of nitrogens with one attached hydrogen (secondary N) is 1. The van der Waals surface area contributed by atoms with Crippen molar-refractivity contribution in [3.05, 3.63) is 16.7 Å². The van der Waals surface area contributed by atoms with Crippen LogP contribution in [0, 0.1) is 0 Å². The van der Waals surface area contributed by atoms with Crippen LogP contribution in [0.1, 0.15) is 6.92 Å². The summed E-state index contributed by atoms with van der Waals surface area (Å²) < 4.78 is 10.6. The molecule has 0 saturated carbocycles. The van der Waals surface area contributed by atoms with E-state index in [1.165, 1.54) is 13.4 Å². The van der Waals surface area contributed by atoms with Gasteiger partial charge in [0, 0.05) is 13.1 Å². The highest BCUT2D eigenvalue weighted by molar-refractivity contribution is 5.51. The van der Waals surface area contributed by atoms with E-state index in [-0.39, 0.29) is 30.1 Å². The van der Waals surface area contributed by atoms with Gasteiger partial charge in [-0.05, 0) is 6.92 Å². The van der Waals surface area contributed by atoms with E-state index in [1.54, 1.807) is 0 Å². The number of ether oxygens (including phenoxy) is 2. The molecule has 2 rings (SSSR count). The number of rotatable bonds is 3. The van der Waals surface area contributed by atoms with E-state index < -0.39 is 0 Å². The molecule has 2 N–H and O–H groups in total. The zero-order valence-corrected chi connectivity index (χ0v) is 10.4. The number of aliphatic hydroxyl groups excluding tert-OH is 1. The predicted molar refractivity (Wildman–Crippen MR) is 65.0 cm³/mol. The number of morpholine rings is 1. The Morgan fingerprint density at radius 2 is 2.44 bits per heavy atom. The first-order valence-electron chi connectivity index (χ1n) is 5.78. The SMILES string of the molecule is COc1c(N2CC(C)OC(CO)C2)nc[nH]c1=O. The van der Waals surface area contributed by atoms with Crippen LogP contribution in [-0.2, 0) is 4.74 Å². The highest BCUT2D eigenvalue weighted by atomic mass is 16.5. The fourth-order valence-electron chi connectivity index (χ4n) is 2.11. The van der Waals surface area contributed by atoms with E-state index in [0.29, 0.717) is 18.9 Å². The first kappa shape index (κ1) is 12.8. The molecule has 0 aromatic carbocycles. The second-order valence-electron chi connectivity index (χ2n) is 4.24. The normalized spacial score (nSPS) is 24.1. The smallest absolute Gasteiger partial charge is 0.295 e. The molecule has 2 heterocycles. The number of aliphatic hydroxyl groups is 1. The van der Waals surface area contributed by atoms with E-state index in [0.717, 1.165) is 0 Å². The van der Waals surface area contributed by atoms with Gasteiger partial charge in [0.05, 0.1) is 32.3 Å². The molecule has 1 aliphatic heterocycles. The fraction of sp³-hybridized carbons (Fsp3) is 0.636. The van der Waals surface area contributed by atoms with Crippen LogP contribution in [0.2, 0.25) is 0 Å². The monoisotopic (exact) mass is 255 g/mol. The van der Waals surface area contributed by atoms with Crippen LogP contribution in [0.4, 0.5) is 5.82 Å². The largest absolute Gasteiger partial charge is 0.489 e. The van der Waals surface area contributed by atoms with Gasteiger partial charge in [-0.25, -0.2) is 4.98 Å². The molecule has 0 bridgehead atoms. The first-order chi connectivity index (χ1) is 8.65. The molecule has 0 spiro atoms. The highest BCUT2D eigenvalue weighted by Gasteiger charge is 2.28. The van der Waals surface area contributed by atoms with E-state index in [4.69, 9.17) is 9.47 Å². The lowest BCUT2D eigenvalue weighted by atomic mass is 10.2. The summed E-state index contributed by atoms with van der Waals surface area (Å²) in [6, 6.07) is 0. The Kier molecular flexibility index (Phi) is 3.83. The molecule has 2 atom stereocenters. The van der Waals surface area contributed by atoms with Crippen molar-refractivity contribution >= 4 is 5.82 Å². The maximum Gasteiger partial charge on any atom is 0.295 e. The lowest BCUT2D eigenvalue weighted by Crippen LogP contribution is -2.48. The predicted octanol–water partition coefficient (Wildman–Crippen LogP) is -0.635. The van der Waals surface area contributed by atoms with Crippen LogP contribution in [0.25, 0.3) is 0 Å². The Balaban J connectivity index is 2.30. The molecule has 1 saturated heterocycles. The zero-order valence-electron chi connectivity index (χ0n) is 10.4. The standard InChI is InChI=1S/C11H17N3O4/c1-7-3-14(4-8(5-15)18-7)10-9(17-2)11(16)13-6-12-10/h6-8,15H,3-5H2,1-2H3,(H,12,13,16). The van der Waals surface area contributed by atoms with Gasteiger partial charge in [-0.1, -0.05) is 0 Å². The van der Waals surface area contributed by atoms with Crippen molar-refractivity contribution in [2.24, 2.45) is 0 Å². The molecule has 1 aliphatic rings. The molecule has 0 aliphatic carbocycles. The molecule has 0 amide bonds. The summed E-state index contributed by atoms with van der Waals surface area (Å²) >= 11 is 0. The van der Waals surface area contributed by atoms with E-state index in [9.17, 15) is 9.90 Å². The van der Waals surface area contributed by atoms with Crippen molar-refractivity contribution in [3.63, 3.8) is 0 Å². The maximum absolute atomic E-state index is 11.6. The Morgan fingerprint density at radius 3 is 3.11 bits per heavy atom. The van der Waals surface area contributed by atoms with Gasteiger partial charge in [-0.15, -0.1) is 0 Å². The Hall–Kier alpha value is -1.60. The van der Waals surface area contributed by atoms with Crippen molar-refractivity contribution in [1.29, 1.82) is 0 Å². The Morgan fingerprint density at radius 1 is 1.67 bits per heavy atom. The minimum atomic E-state index is -0.317. The average Bonchev–Trinajstić information content (AvgIpc) is 2.37. The van der Waals surface area contributed by atoms with E-state index in [1.807, 2.05) is 11.8 Å². The summed E-state index contributed by atoms with van der Waals surface area (Å²) in [5.74, 6) is 0.665. The number of methoxy groups -OCH3 is 1. The summed E-state index contributed by atoms with van der Waals surface area (Å²) in [5, 5.41) is 9.18. The van der Waals surface area contributed by atoms with Gasteiger partial charge in [-0.2, -0.15) is 0 Å². The van der Waals surface area contributed by atoms with Gasteiger partial charge >= 0.3 is 0 Å². The van der Waals surface area contributed by atoms with Gasteiger partial charge in [-0.3, -0.25) is 4.79 Å². The van der Waals surface area contributed by atoms with Crippen molar-refractivity contribution < 1.29 is 14.6 Å². The van der Waals surface area contributed by atoms with Crippen LogP contribution < -0.4 is 15.2 Å². The number of anilines is 1. The number of hydrogen-bond acceptors (Lipinski definition) is 6. The molecule has 1 aromatic heterocycles. The summed E-state index contributed by atoms with van der Waals surface area (Å²) in [5.41, 5.74) is -0.317. The number of aromatic amines is 1. The lowest BCUT2D eigenvalue weighted by Gasteiger charge is -2.36. The van der Waals surface area contributed by atoms with Gasteiger partial charge < -0.3 is 24.5 Å². The fourth-order valence-corrected chi connectivity index (χ4v) is 2.11. The van der Waals surface area contributed by atoms with Crippen LogP contribution in [0.5, 0.6) is 5.75 Å². The van der Waals surface area contributed by atoms with Crippen LogP contribution >= 0.6 is 0 Å².